The van der Waals surface area contributed by atoms with Crippen LogP contribution in [-0.2, 0) is 6.54 Å². The van der Waals surface area contributed by atoms with E-state index in [1.807, 2.05) is 53.1 Å². The van der Waals surface area contributed by atoms with Gasteiger partial charge >= 0.3 is 0 Å². The third-order valence-electron chi connectivity index (χ3n) is 6.90. The Bertz CT molecular complexity index is 1400. The highest BCUT2D eigenvalue weighted by molar-refractivity contribution is 6.02. The minimum absolute atomic E-state index is 0.0500. The molecule has 0 unspecified atom stereocenters. The van der Waals surface area contributed by atoms with Gasteiger partial charge in [0.2, 0.25) is 5.92 Å². The predicted octanol–water partition coefficient (Wildman–Crippen LogP) is 5.95. The van der Waals surface area contributed by atoms with Crippen LogP contribution in [0.5, 0.6) is 0 Å². The highest BCUT2D eigenvalue weighted by atomic mass is 19.3. The van der Waals surface area contributed by atoms with Gasteiger partial charge in [-0.3, -0.25) is 10.2 Å². The Kier molecular flexibility index (Phi) is 6.31. The fourth-order valence-electron chi connectivity index (χ4n) is 4.84. The number of alkyl halides is 2. The van der Waals surface area contributed by atoms with Gasteiger partial charge in [-0.15, -0.1) is 0 Å². The van der Waals surface area contributed by atoms with Crippen LogP contribution in [0.15, 0.2) is 78.9 Å². The topological polar surface area (TPSA) is 83.9 Å². The van der Waals surface area contributed by atoms with Crippen molar-refractivity contribution < 1.29 is 13.6 Å². The molecule has 36 heavy (non-hydrogen) atoms. The van der Waals surface area contributed by atoms with Gasteiger partial charge in [0.25, 0.3) is 5.91 Å². The molecule has 1 heterocycles. The van der Waals surface area contributed by atoms with E-state index < -0.39 is 5.92 Å². The Morgan fingerprint density at radius 3 is 2.31 bits per heavy atom. The maximum absolute atomic E-state index is 13.6. The van der Waals surface area contributed by atoms with Crippen LogP contribution in [0.4, 0.5) is 8.78 Å². The lowest BCUT2D eigenvalue weighted by Crippen LogP contribution is -2.40. The molecule has 5 rings (SSSR count). The summed E-state index contributed by atoms with van der Waals surface area (Å²) in [6, 6.07) is 25.2. The summed E-state index contributed by atoms with van der Waals surface area (Å²) in [4.78, 5) is 13.3. The Morgan fingerprint density at radius 1 is 0.972 bits per heavy atom. The summed E-state index contributed by atoms with van der Waals surface area (Å²) in [6.07, 6.45) is 0.0934. The van der Waals surface area contributed by atoms with E-state index in [0.29, 0.717) is 17.8 Å². The van der Waals surface area contributed by atoms with Gasteiger partial charge in [0, 0.05) is 41.9 Å². The number of nitrogens with zero attached hydrogens (tertiary/aromatic N) is 1. The van der Waals surface area contributed by atoms with Gasteiger partial charge in [0.05, 0.1) is 0 Å². The quantitative estimate of drug-likeness (QED) is 0.232. The number of hydrogen-bond acceptors (Lipinski definition) is 2. The number of fused-ring (bicyclic) bond motifs is 1. The molecule has 4 N–H and O–H groups in total. The molecule has 1 saturated carbocycles. The van der Waals surface area contributed by atoms with E-state index in [1.165, 1.54) is 0 Å². The molecular formula is C29H28F2N4O. The molecule has 1 fully saturated rings. The van der Waals surface area contributed by atoms with Crippen molar-refractivity contribution >= 4 is 22.6 Å². The molecule has 0 atom stereocenters. The number of amidine groups is 1. The molecule has 1 amide bonds. The number of hydrogen-bond donors (Lipinski definition) is 3. The number of carbonyl (C=O) groups excluding carboxylic acids is 1. The third kappa shape index (κ3) is 5.00. The lowest BCUT2D eigenvalue weighted by atomic mass is 9.92. The van der Waals surface area contributed by atoms with Crippen molar-refractivity contribution in [2.75, 3.05) is 0 Å². The Labute approximate surface area is 208 Å². The van der Waals surface area contributed by atoms with E-state index in [9.17, 15) is 13.6 Å². The summed E-state index contributed by atoms with van der Waals surface area (Å²) in [5, 5.41) is 11.6. The second-order valence-corrected chi connectivity index (χ2v) is 9.47. The second-order valence-electron chi connectivity index (χ2n) is 9.47. The first-order valence-corrected chi connectivity index (χ1v) is 12.1. The van der Waals surface area contributed by atoms with Gasteiger partial charge in [-0.25, -0.2) is 8.78 Å². The number of aromatic nitrogens is 1. The fourth-order valence-corrected chi connectivity index (χ4v) is 4.84. The zero-order valence-electron chi connectivity index (χ0n) is 19.8. The van der Waals surface area contributed by atoms with Gasteiger partial charge in [-0.1, -0.05) is 66.7 Å². The van der Waals surface area contributed by atoms with Crippen LogP contribution in [0.1, 0.15) is 47.3 Å². The molecule has 5 nitrogen and oxygen atoms in total. The maximum Gasteiger partial charge on any atom is 0.268 e. The lowest BCUT2D eigenvalue weighted by molar-refractivity contribution is -0.0399. The van der Waals surface area contributed by atoms with Gasteiger partial charge in [-0.2, -0.15) is 0 Å². The summed E-state index contributed by atoms with van der Waals surface area (Å²) in [7, 11) is 0. The third-order valence-corrected chi connectivity index (χ3v) is 6.90. The summed E-state index contributed by atoms with van der Waals surface area (Å²) in [5.74, 6) is -2.98. The van der Waals surface area contributed by atoms with E-state index >= 15 is 0 Å². The predicted molar refractivity (Wildman–Crippen MR) is 139 cm³/mol. The monoisotopic (exact) mass is 486 g/mol. The molecule has 0 aliphatic heterocycles. The van der Waals surface area contributed by atoms with E-state index in [0.717, 1.165) is 27.6 Å². The van der Waals surface area contributed by atoms with Gasteiger partial charge in [0.15, 0.2) is 0 Å². The lowest BCUT2D eigenvalue weighted by Gasteiger charge is -2.28. The number of halogens is 2. The average molecular weight is 487 g/mol. The minimum atomic E-state index is -2.65. The SMILES string of the molecule is N=C(N)c1ccc2cc(C(=O)NC3CCC(F)(F)CC3)n(Cc3ccc(-c4ccccc4)cc3)c2c1. The van der Waals surface area contributed by atoms with Crippen molar-refractivity contribution in [2.45, 2.75) is 44.2 Å². The van der Waals surface area contributed by atoms with Crippen molar-refractivity contribution in [1.82, 2.24) is 9.88 Å². The van der Waals surface area contributed by atoms with E-state index in [2.05, 4.69) is 29.6 Å². The molecule has 4 aromatic rings. The van der Waals surface area contributed by atoms with Crippen molar-refractivity contribution in [3.63, 3.8) is 0 Å². The number of rotatable bonds is 6. The zero-order chi connectivity index (χ0) is 25.3. The van der Waals surface area contributed by atoms with Gasteiger partial charge < -0.3 is 15.6 Å². The summed E-state index contributed by atoms with van der Waals surface area (Å²) < 4.78 is 29.1. The van der Waals surface area contributed by atoms with Crippen molar-refractivity contribution in [3.8, 4) is 11.1 Å². The van der Waals surface area contributed by atoms with Gasteiger partial charge in [0.1, 0.15) is 11.5 Å². The number of amides is 1. The van der Waals surface area contributed by atoms with E-state index in [-0.39, 0.29) is 43.5 Å². The number of nitrogens with one attached hydrogen (secondary N) is 2. The molecule has 3 aromatic carbocycles. The summed E-state index contributed by atoms with van der Waals surface area (Å²) in [5.41, 5.74) is 10.8. The first-order valence-electron chi connectivity index (χ1n) is 12.1. The largest absolute Gasteiger partial charge is 0.384 e. The van der Waals surface area contributed by atoms with Crippen molar-refractivity contribution in [1.29, 1.82) is 5.41 Å². The Balaban J connectivity index is 1.46. The normalized spacial score (nSPS) is 15.6. The van der Waals surface area contributed by atoms with Crippen LogP contribution in [-0.4, -0.2) is 28.3 Å². The second kappa shape index (κ2) is 9.57. The smallest absolute Gasteiger partial charge is 0.268 e. The molecule has 0 radical (unpaired) electrons. The van der Waals surface area contributed by atoms with E-state index in [1.54, 1.807) is 6.07 Å². The number of carbonyl (C=O) groups is 1. The average Bonchev–Trinajstić information content (AvgIpc) is 3.24. The van der Waals surface area contributed by atoms with E-state index in [4.69, 9.17) is 11.1 Å². The molecule has 184 valence electrons. The molecule has 0 bridgehead atoms. The number of benzene rings is 3. The first kappa shape index (κ1) is 23.7. The van der Waals surface area contributed by atoms with Crippen LogP contribution in [0.2, 0.25) is 0 Å². The van der Waals surface area contributed by atoms with Crippen LogP contribution < -0.4 is 11.1 Å². The number of nitrogens with two attached hydrogens (primary N) is 1. The number of nitrogen functional groups attached to an aromatic ring is 1. The Hall–Kier alpha value is -4.00. The summed E-state index contributed by atoms with van der Waals surface area (Å²) >= 11 is 0. The molecule has 1 aromatic heterocycles. The zero-order valence-corrected chi connectivity index (χ0v) is 19.8. The fraction of sp³-hybridized carbons (Fsp3) is 0.241. The van der Waals surface area contributed by atoms with Crippen molar-refractivity contribution in [3.05, 3.63) is 95.7 Å². The molecule has 1 aliphatic rings. The summed E-state index contributed by atoms with van der Waals surface area (Å²) in [6.45, 7) is 0.436. The highest BCUT2D eigenvalue weighted by Gasteiger charge is 2.35. The molecule has 0 spiro atoms. The van der Waals surface area contributed by atoms with Gasteiger partial charge in [-0.05, 0) is 41.7 Å². The van der Waals surface area contributed by atoms with Crippen LogP contribution in [0.25, 0.3) is 22.0 Å². The first-order chi connectivity index (χ1) is 17.3. The molecule has 0 saturated heterocycles. The maximum atomic E-state index is 13.6. The van der Waals surface area contributed by atoms with Crippen LogP contribution >= 0.6 is 0 Å². The standard InChI is InChI=1S/C29H28F2N4O/c30-29(31)14-12-24(13-15-29)34-28(36)26-16-22-10-11-23(27(32)33)17-25(22)35(26)18-19-6-8-21(9-7-19)20-4-2-1-3-5-20/h1-11,16-17,24H,12-15,18H2,(H3,32,33)(H,34,36). The molecule has 1 aliphatic carbocycles. The van der Waals surface area contributed by atoms with Crippen LogP contribution in [0, 0.1) is 5.41 Å². The highest BCUT2D eigenvalue weighted by Crippen LogP contribution is 2.33. The Morgan fingerprint density at radius 2 is 1.64 bits per heavy atom. The minimum Gasteiger partial charge on any atom is -0.384 e. The van der Waals surface area contributed by atoms with Crippen LogP contribution in [0.3, 0.4) is 0 Å². The molecular weight excluding hydrogens is 458 g/mol. The van der Waals surface area contributed by atoms with Crippen molar-refractivity contribution in [2.24, 2.45) is 5.73 Å². The molecule has 7 heteroatoms.